The predicted molar refractivity (Wildman–Crippen MR) is 107 cm³/mol. The lowest BCUT2D eigenvalue weighted by Crippen LogP contribution is -2.33. The van der Waals surface area contributed by atoms with Crippen molar-refractivity contribution in [2.75, 3.05) is 30.3 Å². The summed E-state index contributed by atoms with van der Waals surface area (Å²) in [4.78, 5) is 11.9. The molecule has 0 spiro atoms. The van der Waals surface area contributed by atoms with Gasteiger partial charge in [-0.05, 0) is 37.1 Å². The van der Waals surface area contributed by atoms with Crippen LogP contribution in [0.4, 0.5) is 14.5 Å². The monoisotopic (exact) mass is 426 g/mol. The zero-order chi connectivity index (χ0) is 21.4. The van der Waals surface area contributed by atoms with Gasteiger partial charge in [-0.3, -0.25) is 9.10 Å². The number of amides is 1. The zero-order valence-corrected chi connectivity index (χ0v) is 17.1. The van der Waals surface area contributed by atoms with E-state index in [-0.39, 0.29) is 31.0 Å². The number of carbonyl (C=O) groups excluding carboxylic acids is 1. The van der Waals surface area contributed by atoms with E-state index >= 15 is 0 Å². The maximum absolute atomic E-state index is 13.4. The van der Waals surface area contributed by atoms with Crippen LogP contribution in [0.25, 0.3) is 0 Å². The molecule has 0 fully saturated rings. The van der Waals surface area contributed by atoms with Crippen molar-refractivity contribution in [1.29, 1.82) is 0 Å². The number of hydrogen-bond donors (Lipinski definition) is 1. The first-order chi connectivity index (χ1) is 13.7. The van der Waals surface area contributed by atoms with Crippen molar-refractivity contribution >= 4 is 21.6 Å². The number of nitrogens with one attached hydrogen (secondary N) is 1. The highest BCUT2D eigenvalue weighted by Crippen LogP contribution is 2.21. The van der Waals surface area contributed by atoms with Crippen LogP contribution in [0.3, 0.4) is 0 Å². The number of aryl methyl sites for hydroxylation is 1. The van der Waals surface area contributed by atoms with E-state index in [0.717, 1.165) is 34.0 Å². The molecular formula is C20H24F2N2O4S. The second-order valence-electron chi connectivity index (χ2n) is 6.50. The van der Waals surface area contributed by atoms with Gasteiger partial charge in [0.05, 0.1) is 18.5 Å². The summed E-state index contributed by atoms with van der Waals surface area (Å²) in [5, 5.41) is 2.70. The molecule has 2 rings (SSSR count). The SMILES string of the molecule is Cc1ccccc1OCCNC(=O)CCCN(c1ccc(F)c(F)c1)S(C)(=O)=O. The average Bonchev–Trinajstić information content (AvgIpc) is 2.65. The molecule has 0 aromatic heterocycles. The minimum atomic E-state index is -3.71. The molecule has 2 aromatic carbocycles. The Morgan fingerprint density at radius 3 is 2.52 bits per heavy atom. The van der Waals surface area contributed by atoms with E-state index in [0.29, 0.717) is 13.2 Å². The smallest absolute Gasteiger partial charge is 0.232 e. The van der Waals surface area contributed by atoms with Gasteiger partial charge < -0.3 is 10.1 Å². The molecular weight excluding hydrogens is 402 g/mol. The predicted octanol–water partition coefficient (Wildman–Crippen LogP) is 3.01. The average molecular weight is 426 g/mol. The Hall–Kier alpha value is -2.68. The molecule has 0 saturated heterocycles. The molecule has 2 aromatic rings. The van der Waals surface area contributed by atoms with Crippen molar-refractivity contribution in [3.05, 3.63) is 59.7 Å². The van der Waals surface area contributed by atoms with Crippen molar-refractivity contribution < 1.29 is 26.7 Å². The van der Waals surface area contributed by atoms with Gasteiger partial charge in [0.15, 0.2) is 11.6 Å². The minimum absolute atomic E-state index is 0.0124. The summed E-state index contributed by atoms with van der Waals surface area (Å²) in [5.41, 5.74) is 1.01. The fraction of sp³-hybridized carbons (Fsp3) is 0.350. The summed E-state index contributed by atoms with van der Waals surface area (Å²) in [7, 11) is -3.71. The molecule has 1 N–H and O–H groups in total. The maximum Gasteiger partial charge on any atom is 0.232 e. The van der Waals surface area contributed by atoms with Gasteiger partial charge in [0, 0.05) is 19.0 Å². The third-order valence-corrected chi connectivity index (χ3v) is 5.33. The lowest BCUT2D eigenvalue weighted by atomic mass is 10.2. The van der Waals surface area contributed by atoms with E-state index in [1.807, 2.05) is 31.2 Å². The van der Waals surface area contributed by atoms with E-state index in [4.69, 9.17) is 4.74 Å². The fourth-order valence-electron chi connectivity index (χ4n) is 2.67. The molecule has 0 radical (unpaired) electrons. The van der Waals surface area contributed by atoms with Gasteiger partial charge in [-0.1, -0.05) is 18.2 Å². The summed E-state index contributed by atoms with van der Waals surface area (Å²) < 4.78 is 57.0. The van der Waals surface area contributed by atoms with E-state index in [1.54, 1.807) is 0 Å². The first-order valence-electron chi connectivity index (χ1n) is 9.06. The Morgan fingerprint density at radius 1 is 1.14 bits per heavy atom. The number of carbonyl (C=O) groups is 1. The summed E-state index contributed by atoms with van der Waals surface area (Å²) >= 11 is 0. The van der Waals surface area contributed by atoms with Crippen molar-refractivity contribution in [2.45, 2.75) is 19.8 Å². The number of benzene rings is 2. The number of halogens is 2. The molecule has 0 aliphatic rings. The molecule has 0 heterocycles. The number of ether oxygens (including phenoxy) is 1. The molecule has 9 heteroatoms. The molecule has 29 heavy (non-hydrogen) atoms. The number of hydrogen-bond acceptors (Lipinski definition) is 4. The molecule has 0 aliphatic carbocycles. The largest absolute Gasteiger partial charge is 0.491 e. The van der Waals surface area contributed by atoms with E-state index < -0.39 is 21.7 Å². The Morgan fingerprint density at radius 2 is 1.86 bits per heavy atom. The molecule has 1 amide bonds. The van der Waals surface area contributed by atoms with Crippen LogP contribution in [0.1, 0.15) is 18.4 Å². The second kappa shape index (κ2) is 10.2. The summed E-state index contributed by atoms with van der Waals surface area (Å²) in [5.74, 6) is -1.70. The Balaban J connectivity index is 1.79. The van der Waals surface area contributed by atoms with Crippen LogP contribution in [0.2, 0.25) is 0 Å². The Kier molecular flexibility index (Phi) is 7.95. The summed E-state index contributed by atoms with van der Waals surface area (Å²) in [6, 6.07) is 10.4. The number of sulfonamides is 1. The lowest BCUT2D eigenvalue weighted by molar-refractivity contribution is -0.121. The van der Waals surface area contributed by atoms with E-state index in [1.165, 1.54) is 6.07 Å². The van der Waals surface area contributed by atoms with Crippen LogP contribution in [-0.4, -0.2) is 40.3 Å². The van der Waals surface area contributed by atoms with Gasteiger partial charge in [-0.25, -0.2) is 17.2 Å². The Bertz CT molecular complexity index is 951. The number of para-hydroxylation sites is 1. The van der Waals surface area contributed by atoms with Gasteiger partial charge in [0.1, 0.15) is 12.4 Å². The Labute approximate surface area is 169 Å². The quantitative estimate of drug-likeness (QED) is 0.593. The van der Waals surface area contributed by atoms with Gasteiger partial charge >= 0.3 is 0 Å². The normalized spacial score (nSPS) is 11.2. The van der Waals surface area contributed by atoms with Gasteiger partial charge in [0.25, 0.3) is 0 Å². The van der Waals surface area contributed by atoms with Crippen LogP contribution < -0.4 is 14.4 Å². The molecule has 0 unspecified atom stereocenters. The number of nitrogens with zero attached hydrogens (tertiary/aromatic N) is 1. The van der Waals surface area contributed by atoms with Gasteiger partial charge in [-0.2, -0.15) is 0 Å². The summed E-state index contributed by atoms with van der Waals surface area (Å²) in [6.45, 7) is 2.51. The first-order valence-corrected chi connectivity index (χ1v) is 10.9. The molecule has 158 valence electrons. The second-order valence-corrected chi connectivity index (χ2v) is 8.41. The lowest BCUT2D eigenvalue weighted by Gasteiger charge is -2.22. The molecule has 6 nitrogen and oxygen atoms in total. The van der Waals surface area contributed by atoms with Gasteiger partial charge in [-0.15, -0.1) is 0 Å². The topological polar surface area (TPSA) is 75.7 Å². The molecule has 0 aliphatic heterocycles. The van der Waals surface area contributed by atoms with Crippen LogP contribution >= 0.6 is 0 Å². The van der Waals surface area contributed by atoms with Gasteiger partial charge in [0.2, 0.25) is 15.9 Å². The minimum Gasteiger partial charge on any atom is -0.491 e. The van der Waals surface area contributed by atoms with Crippen molar-refractivity contribution in [2.24, 2.45) is 0 Å². The summed E-state index contributed by atoms with van der Waals surface area (Å²) in [6.07, 6.45) is 1.27. The van der Waals surface area contributed by atoms with E-state index in [9.17, 15) is 22.0 Å². The fourth-order valence-corrected chi connectivity index (χ4v) is 3.63. The van der Waals surface area contributed by atoms with Crippen molar-refractivity contribution in [3.63, 3.8) is 0 Å². The third-order valence-electron chi connectivity index (χ3n) is 4.13. The van der Waals surface area contributed by atoms with Crippen LogP contribution in [0.15, 0.2) is 42.5 Å². The number of rotatable bonds is 10. The van der Waals surface area contributed by atoms with Crippen LogP contribution in [-0.2, 0) is 14.8 Å². The van der Waals surface area contributed by atoms with Crippen molar-refractivity contribution in [3.8, 4) is 5.75 Å². The van der Waals surface area contributed by atoms with Crippen molar-refractivity contribution in [1.82, 2.24) is 5.32 Å². The van der Waals surface area contributed by atoms with Crippen LogP contribution in [0, 0.1) is 18.6 Å². The molecule has 0 bridgehead atoms. The maximum atomic E-state index is 13.4. The highest BCUT2D eigenvalue weighted by Gasteiger charge is 2.19. The standard InChI is InChI=1S/C20H24F2N2O4S/c1-15-6-3-4-7-19(15)28-13-11-23-20(25)8-5-12-24(29(2,26)27)16-9-10-17(21)18(22)14-16/h3-4,6-7,9-10,14H,5,8,11-13H2,1-2H3,(H,23,25). The first kappa shape index (κ1) is 22.6. The highest BCUT2D eigenvalue weighted by atomic mass is 32.2. The number of anilines is 1. The highest BCUT2D eigenvalue weighted by molar-refractivity contribution is 7.92. The third kappa shape index (κ3) is 7.01. The zero-order valence-electron chi connectivity index (χ0n) is 16.3. The molecule has 0 saturated carbocycles. The van der Waals surface area contributed by atoms with E-state index in [2.05, 4.69) is 5.32 Å². The van der Waals surface area contributed by atoms with Crippen LogP contribution in [0.5, 0.6) is 5.75 Å². The molecule has 0 atom stereocenters.